The third-order valence-corrected chi connectivity index (χ3v) is 3.42. The summed E-state index contributed by atoms with van der Waals surface area (Å²) in [5.41, 5.74) is 7.72. The summed E-state index contributed by atoms with van der Waals surface area (Å²) in [6.07, 6.45) is 3.64. The van der Waals surface area contributed by atoms with Crippen molar-refractivity contribution in [2.24, 2.45) is 0 Å². The van der Waals surface area contributed by atoms with Crippen molar-refractivity contribution in [3.05, 3.63) is 48.4 Å². The van der Waals surface area contributed by atoms with E-state index in [0.717, 1.165) is 22.0 Å². The molecule has 0 saturated heterocycles. The molecule has 2 aromatic heterocycles. The van der Waals surface area contributed by atoms with Gasteiger partial charge in [0.1, 0.15) is 5.82 Å². The summed E-state index contributed by atoms with van der Waals surface area (Å²) < 4.78 is 0. The largest absolute Gasteiger partial charge is 0.384 e. The van der Waals surface area contributed by atoms with Crippen molar-refractivity contribution in [2.45, 2.75) is 26.2 Å². The van der Waals surface area contributed by atoms with E-state index in [2.05, 4.69) is 36.8 Å². The van der Waals surface area contributed by atoms with Crippen LogP contribution in [0.4, 0.5) is 5.82 Å². The smallest absolute Gasteiger partial charge is 0.163 e. The summed E-state index contributed by atoms with van der Waals surface area (Å²) in [7, 11) is 0. The van der Waals surface area contributed by atoms with Gasteiger partial charge in [-0.05, 0) is 5.39 Å². The summed E-state index contributed by atoms with van der Waals surface area (Å²) in [4.78, 5) is 13.4. The van der Waals surface area contributed by atoms with Gasteiger partial charge in [0, 0.05) is 34.8 Å². The molecule has 0 amide bonds. The highest BCUT2D eigenvalue weighted by Gasteiger charge is 2.18. The number of benzene rings is 1. The van der Waals surface area contributed by atoms with Crippen LogP contribution in [-0.2, 0) is 5.41 Å². The van der Waals surface area contributed by atoms with Gasteiger partial charge in [-0.15, -0.1) is 0 Å². The van der Waals surface area contributed by atoms with Crippen molar-refractivity contribution in [3.63, 3.8) is 0 Å². The molecule has 0 saturated carbocycles. The van der Waals surface area contributed by atoms with Crippen LogP contribution in [0.25, 0.3) is 22.2 Å². The van der Waals surface area contributed by atoms with Crippen LogP contribution in [0, 0.1) is 0 Å². The number of anilines is 1. The van der Waals surface area contributed by atoms with E-state index < -0.39 is 0 Å². The fourth-order valence-electron chi connectivity index (χ4n) is 2.27. The summed E-state index contributed by atoms with van der Waals surface area (Å²) in [5, 5.41) is 2.15. The van der Waals surface area contributed by atoms with Crippen molar-refractivity contribution in [3.8, 4) is 11.4 Å². The lowest BCUT2D eigenvalue weighted by Gasteiger charge is -2.19. The van der Waals surface area contributed by atoms with Crippen molar-refractivity contribution < 1.29 is 0 Å². The number of hydrogen-bond acceptors (Lipinski definition) is 4. The minimum absolute atomic E-state index is 0.0795. The predicted octanol–water partition coefficient (Wildman–Crippen LogP) is 3.57. The topological polar surface area (TPSA) is 64.7 Å². The van der Waals surface area contributed by atoms with Crippen LogP contribution >= 0.6 is 0 Å². The first kappa shape index (κ1) is 13.5. The number of pyridine rings is 1. The number of rotatable bonds is 1. The van der Waals surface area contributed by atoms with Gasteiger partial charge in [-0.25, -0.2) is 9.97 Å². The third kappa shape index (κ3) is 2.57. The zero-order valence-corrected chi connectivity index (χ0v) is 12.5. The average molecular weight is 278 g/mol. The molecule has 0 unspecified atom stereocenters. The first-order chi connectivity index (χ1) is 9.95. The molecule has 106 valence electrons. The lowest BCUT2D eigenvalue weighted by molar-refractivity contribution is 0.568. The Morgan fingerprint density at radius 2 is 1.76 bits per heavy atom. The number of aromatic nitrogens is 3. The second kappa shape index (κ2) is 4.81. The van der Waals surface area contributed by atoms with Crippen LogP contribution in [0.15, 0.2) is 42.7 Å². The Morgan fingerprint density at radius 3 is 2.52 bits per heavy atom. The maximum atomic E-state index is 5.97. The Labute approximate surface area is 124 Å². The molecule has 0 spiro atoms. The molecule has 1 aromatic carbocycles. The zero-order chi connectivity index (χ0) is 15.0. The van der Waals surface area contributed by atoms with Crippen LogP contribution in [0.3, 0.4) is 0 Å². The molecule has 0 aliphatic rings. The van der Waals surface area contributed by atoms with Crippen LogP contribution in [-0.4, -0.2) is 15.0 Å². The van der Waals surface area contributed by atoms with Gasteiger partial charge in [0.05, 0.1) is 5.69 Å². The van der Waals surface area contributed by atoms with E-state index in [1.807, 2.05) is 30.5 Å². The number of hydrogen-bond donors (Lipinski definition) is 1. The highest BCUT2D eigenvalue weighted by atomic mass is 15.0. The molecule has 0 radical (unpaired) electrons. The molecular weight excluding hydrogens is 260 g/mol. The van der Waals surface area contributed by atoms with Crippen molar-refractivity contribution in [1.29, 1.82) is 0 Å². The first-order valence-electron chi connectivity index (χ1n) is 6.93. The van der Waals surface area contributed by atoms with Crippen molar-refractivity contribution in [1.82, 2.24) is 15.0 Å². The Hall–Kier alpha value is -2.49. The average Bonchev–Trinajstić information content (AvgIpc) is 2.45. The maximum Gasteiger partial charge on any atom is 0.163 e. The normalized spacial score (nSPS) is 11.8. The van der Waals surface area contributed by atoms with Gasteiger partial charge in [0.2, 0.25) is 0 Å². The number of nitrogens with zero attached hydrogens (tertiary/aromatic N) is 3. The fraction of sp³-hybridized carbons (Fsp3) is 0.235. The summed E-state index contributed by atoms with van der Waals surface area (Å²) >= 11 is 0. The highest BCUT2D eigenvalue weighted by molar-refractivity contribution is 5.94. The van der Waals surface area contributed by atoms with Crippen molar-refractivity contribution in [2.75, 3.05) is 5.73 Å². The summed E-state index contributed by atoms with van der Waals surface area (Å²) in [5.74, 6) is 1.11. The van der Waals surface area contributed by atoms with E-state index in [4.69, 9.17) is 10.7 Å². The molecule has 0 aliphatic carbocycles. The minimum atomic E-state index is -0.0795. The lowest BCUT2D eigenvalue weighted by atomic mass is 9.91. The quantitative estimate of drug-likeness (QED) is 0.739. The van der Waals surface area contributed by atoms with Gasteiger partial charge < -0.3 is 5.73 Å². The molecule has 0 atom stereocenters. The molecule has 0 bridgehead atoms. The van der Waals surface area contributed by atoms with Crippen LogP contribution in [0.2, 0.25) is 0 Å². The van der Waals surface area contributed by atoms with E-state index >= 15 is 0 Å². The van der Waals surface area contributed by atoms with Gasteiger partial charge in [0.25, 0.3) is 0 Å². The molecule has 3 rings (SSSR count). The Balaban J connectivity index is 2.26. The Kier molecular flexibility index (Phi) is 3.09. The van der Waals surface area contributed by atoms with E-state index in [-0.39, 0.29) is 5.41 Å². The second-order valence-electron chi connectivity index (χ2n) is 6.16. The summed E-state index contributed by atoms with van der Waals surface area (Å²) in [6.45, 7) is 6.33. The molecular formula is C17H18N4. The summed E-state index contributed by atoms with van der Waals surface area (Å²) in [6, 6.07) is 9.91. The van der Waals surface area contributed by atoms with Crippen LogP contribution in [0.5, 0.6) is 0 Å². The van der Waals surface area contributed by atoms with Gasteiger partial charge in [-0.2, -0.15) is 0 Å². The van der Waals surface area contributed by atoms with Crippen LogP contribution < -0.4 is 5.73 Å². The maximum absolute atomic E-state index is 5.97. The monoisotopic (exact) mass is 278 g/mol. The van der Waals surface area contributed by atoms with Gasteiger partial charge in [0.15, 0.2) is 5.82 Å². The molecule has 4 nitrogen and oxygen atoms in total. The van der Waals surface area contributed by atoms with Crippen molar-refractivity contribution >= 4 is 16.6 Å². The predicted molar refractivity (Wildman–Crippen MR) is 85.9 cm³/mol. The van der Waals surface area contributed by atoms with Gasteiger partial charge in [-0.1, -0.05) is 45.0 Å². The fourth-order valence-corrected chi connectivity index (χ4v) is 2.27. The first-order valence-corrected chi connectivity index (χ1v) is 6.93. The van der Waals surface area contributed by atoms with E-state index in [1.54, 1.807) is 6.20 Å². The lowest BCUT2D eigenvalue weighted by Crippen LogP contribution is -2.15. The van der Waals surface area contributed by atoms with E-state index in [9.17, 15) is 0 Å². The minimum Gasteiger partial charge on any atom is -0.384 e. The molecule has 0 aliphatic heterocycles. The molecule has 2 N–H and O–H groups in total. The SMILES string of the molecule is CC(C)(C)c1cc(N)nc(-c2cncc3ccccc23)n1. The van der Waals surface area contributed by atoms with Gasteiger partial charge in [-0.3, -0.25) is 4.98 Å². The number of fused-ring (bicyclic) bond motifs is 1. The standard InChI is InChI=1S/C17H18N4/c1-17(2,3)14-8-15(18)21-16(20-14)13-10-19-9-11-6-4-5-7-12(11)13/h4-10H,1-3H3,(H2,18,20,21). The molecule has 21 heavy (non-hydrogen) atoms. The van der Waals surface area contributed by atoms with Gasteiger partial charge >= 0.3 is 0 Å². The molecule has 0 fully saturated rings. The Bertz CT molecular complexity index is 798. The zero-order valence-electron chi connectivity index (χ0n) is 12.5. The van der Waals surface area contributed by atoms with E-state index in [1.165, 1.54) is 0 Å². The molecule has 3 aromatic rings. The second-order valence-corrected chi connectivity index (χ2v) is 6.16. The third-order valence-electron chi connectivity index (χ3n) is 3.42. The molecule has 2 heterocycles. The highest BCUT2D eigenvalue weighted by Crippen LogP contribution is 2.28. The Morgan fingerprint density at radius 1 is 1.00 bits per heavy atom. The number of nitrogens with two attached hydrogens (primary N) is 1. The van der Waals surface area contributed by atoms with Crippen LogP contribution in [0.1, 0.15) is 26.5 Å². The van der Waals surface area contributed by atoms with E-state index in [0.29, 0.717) is 11.6 Å². The molecule has 4 heteroatoms. The number of nitrogen functional groups attached to an aromatic ring is 1.